The first-order valence-corrected chi connectivity index (χ1v) is 8.82. The average molecular weight is 313 g/mol. The summed E-state index contributed by atoms with van der Waals surface area (Å²) in [5.41, 5.74) is 0. The minimum absolute atomic E-state index is 0.888. The van der Waals surface area contributed by atoms with Crippen molar-refractivity contribution < 1.29 is 0 Å². The van der Waals surface area contributed by atoms with Crippen LogP contribution in [0.4, 0.5) is 0 Å². The number of guanidine groups is 2. The van der Waals surface area contributed by atoms with Gasteiger partial charge in [0.2, 0.25) is 0 Å². The van der Waals surface area contributed by atoms with Crippen LogP contribution in [0.15, 0.2) is 9.98 Å². The molecule has 0 aliphatic carbocycles. The van der Waals surface area contributed by atoms with Crippen molar-refractivity contribution in [2.45, 2.75) is 53.4 Å². The Labute approximate surface area is 136 Å². The van der Waals surface area contributed by atoms with Crippen molar-refractivity contribution in [1.82, 2.24) is 21.3 Å². The lowest BCUT2D eigenvalue weighted by molar-refractivity contribution is 0.649. The molecule has 0 aliphatic rings. The van der Waals surface area contributed by atoms with Crippen LogP contribution in [0.3, 0.4) is 0 Å². The van der Waals surface area contributed by atoms with Crippen LogP contribution in [0.1, 0.15) is 53.4 Å². The predicted octanol–water partition coefficient (Wildman–Crippen LogP) is 1.70. The van der Waals surface area contributed by atoms with Crippen molar-refractivity contribution in [2.75, 3.05) is 39.3 Å². The molecule has 130 valence electrons. The highest BCUT2D eigenvalue weighted by Crippen LogP contribution is 2.00. The summed E-state index contributed by atoms with van der Waals surface area (Å²) in [5.74, 6) is 1.85. The summed E-state index contributed by atoms with van der Waals surface area (Å²) in [4.78, 5) is 9.09. The molecule has 0 unspecified atom stereocenters. The molecule has 0 aromatic rings. The largest absolute Gasteiger partial charge is 0.357 e. The number of nitrogens with one attached hydrogen (secondary N) is 4. The zero-order valence-electron chi connectivity index (χ0n) is 15.0. The molecule has 0 saturated carbocycles. The number of aliphatic imine (C=N–C) groups is 2. The lowest BCUT2D eigenvalue weighted by Crippen LogP contribution is -2.37. The van der Waals surface area contributed by atoms with Gasteiger partial charge in [-0.05, 0) is 40.5 Å². The molecule has 0 atom stereocenters. The third-order valence-electron chi connectivity index (χ3n) is 2.98. The lowest BCUT2D eigenvalue weighted by atomic mass is 10.2. The van der Waals surface area contributed by atoms with Crippen molar-refractivity contribution in [1.29, 1.82) is 0 Å². The Morgan fingerprint density at radius 2 is 0.864 bits per heavy atom. The van der Waals surface area contributed by atoms with Gasteiger partial charge in [-0.15, -0.1) is 0 Å². The van der Waals surface area contributed by atoms with Gasteiger partial charge in [0.25, 0.3) is 0 Å². The SMILES string of the molecule is CCNC(=NCCCCCCN=C(NCC)NCC)NCC. The number of hydrogen-bond donors (Lipinski definition) is 4. The number of nitrogens with zero attached hydrogens (tertiary/aromatic N) is 2. The van der Waals surface area contributed by atoms with Crippen LogP contribution < -0.4 is 21.3 Å². The van der Waals surface area contributed by atoms with Crippen LogP contribution in [0.5, 0.6) is 0 Å². The fourth-order valence-corrected chi connectivity index (χ4v) is 1.98. The summed E-state index contributed by atoms with van der Waals surface area (Å²) >= 11 is 0. The Balaban J connectivity index is 3.71. The quantitative estimate of drug-likeness (QED) is 0.266. The molecule has 0 bridgehead atoms. The molecule has 22 heavy (non-hydrogen) atoms. The summed E-state index contributed by atoms with van der Waals surface area (Å²) in [6, 6.07) is 0. The fourth-order valence-electron chi connectivity index (χ4n) is 1.98. The van der Waals surface area contributed by atoms with E-state index in [0.717, 1.165) is 64.0 Å². The summed E-state index contributed by atoms with van der Waals surface area (Å²) in [5, 5.41) is 13.0. The first-order valence-electron chi connectivity index (χ1n) is 8.82. The molecule has 0 saturated heterocycles. The van der Waals surface area contributed by atoms with E-state index in [4.69, 9.17) is 0 Å². The van der Waals surface area contributed by atoms with Gasteiger partial charge in [-0.1, -0.05) is 12.8 Å². The van der Waals surface area contributed by atoms with Gasteiger partial charge in [-0.3, -0.25) is 9.98 Å². The second kappa shape index (κ2) is 15.9. The van der Waals surface area contributed by atoms with E-state index in [1.807, 2.05) is 0 Å². The summed E-state index contributed by atoms with van der Waals surface area (Å²) in [7, 11) is 0. The van der Waals surface area contributed by atoms with E-state index in [1.165, 1.54) is 12.8 Å². The molecule has 0 spiro atoms. The second-order valence-electron chi connectivity index (χ2n) is 5.00. The van der Waals surface area contributed by atoms with Gasteiger partial charge in [0.1, 0.15) is 0 Å². The van der Waals surface area contributed by atoms with E-state index in [1.54, 1.807) is 0 Å². The monoisotopic (exact) mass is 312 g/mol. The zero-order valence-corrected chi connectivity index (χ0v) is 15.0. The average Bonchev–Trinajstić information content (AvgIpc) is 2.50. The standard InChI is InChI=1S/C16H36N6/c1-5-17-15(18-6-2)21-13-11-9-10-12-14-22-16(19-7-3)20-8-4/h5-14H2,1-4H3,(H2,17,18,21)(H2,19,20,22). The molecule has 0 fully saturated rings. The van der Waals surface area contributed by atoms with Gasteiger partial charge in [0.15, 0.2) is 11.9 Å². The Kier molecular flexibility index (Phi) is 14.9. The van der Waals surface area contributed by atoms with Gasteiger partial charge in [0.05, 0.1) is 0 Å². The second-order valence-corrected chi connectivity index (χ2v) is 5.00. The molecule has 0 aliphatic heterocycles. The molecule has 0 heterocycles. The van der Waals surface area contributed by atoms with Crippen molar-refractivity contribution >= 4 is 11.9 Å². The highest BCUT2D eigenvalue weighted by molar-refractivity contribution is 5.80. The van der Waals surface area contributed by atoms with E-state index in [0.29, 0.717) is 0 Å². The molecular formula is C16H36N6. The Morgan fingerprint density at radius 1 is 0.545 bits per heavy atom. The van der Waals surface area contributed by atoms with Crippen LogP contribution in [-0.4, -0.2) is 51.2 Å². The maximum Gasteiger partial charge on any atom is 0.191 e. The third-order valence-corrected chi connectivity index (χ3v) is 2.98. The topological polar surface area (TPSA) is 72.8 Å². The first-order chi connectivity index (χ1) is 10.8. The van der Waals surface area contributed by atoms with E-state index in [9.17, 15) is 0 Å². The molecule has 0 aromatic carbocycles. The molecule has 6 heteroatoms. The lowest BCUT2D eigenvalue weighted by Gasteiger charge is -2.09. The molecule has 0 rings (SSSR count). The van der Waals surface area contributed by atoms with Crippen LogP contribution in [0.25, 0.3) is 0 Å². The minimum Gasteiger partial charge on any atom is -0.357 e. The molecule has 0 amide bonds. The fraction of sp³-hybridized carbons (Fsp3) is 0.875. The Morgan fingerprint density at radius 3 is 1.14 bits per heavy atom. The van der Waals surface area contributed by atoms with E-state index in [-0.39, 0.29) is 0 Å². The van der Waals surface area contributed by atoms with Crippen LogP contribution in [-0.2, 0) is 0 Å². The molecular weight excluding hydrogens is 276 g/mol. The maximum absolute atomic E-state index is 4.54. The van der Waals surface area contributed by atoms with Crippen molar-refractivity contribution in [3.05, 3.63) is 0 Å². The molecule has 0 radical (unpaired) electrons. The maximum atomic E-state index is 4.54. The van der Waals surface area contributed by atoms with Crippen LogP contribution in [0.2, 0.25) is 0 Å². The Hall–Kier alpha value is -1.46. The Bertz CT molecular complexity index is 255. The first kappa shape index (κ1) is 20.5. The number of hydrogen-bond acceptors (Lipinski definition) is 2. The van der Waals surface area contributed by atoms with Crippen LogP contribution in [0, 0.1) is 0 Å². The number of rotatable bonds is 11. The predicted molar refractivity (Wildman–Crippen MR) is 97.8 cm³/mol. The molecule has 0 aromatic heterocycles. The van der Waals surface area contributed by atoms with Crippen molar-refractivity contribution in [3.8, 4) is 0 Å². The van der Waals surface area contributed by atoms with Crippen molar-refractivity contribution in [3.63, 3.8) is 0 Å². The summed E-state index contributed by atoms with van der Waals surface area (Å²) in [6.45, 7) is 13.7. The zero-order chi connectivity index (χ0) is 16.5. The van der Waals surface area contributed by atoms with Gasteiger partial charge in [0, 0.05) is 39.3 Å². The van der Waals surface area contributed by atoms with Gasteiger partial charge in [-0.2, -0.15) is 0 Å². The van der Waals surface area contributed by atoms with E-state index in [2.05, 4.69) is 58.9 Å². The third kappa shape index (κ3) is 12.3. The van der Waals surface area contributed by atoms with E-state index >= 15 is 0 Å². The highest BCUT2D eigenvalue weighted by atomic mass is 15.2. The van der Waals surface area contributed by atoms with Gasteiger partial charge < -0.3 is 21.3 Å². The smallest absolute Gasteiger partial charge is 0.191 e. The highest BCUT2D eigenvalue weighted by Gasteiger charge is 1.95. The summed E-state index contributed by atoms with van der Waals surface area (Å²) < 4.78 is 0. The summed E-state index contributed by atoms with van der Waals surface area (Å²) in [6.07, 6.45) is 4.69. The molecule has 4 N–H and O–H groups in total. The number of unbranched alkanes of at least 4 members (excludes halogenated alkanes) is 3. The van der Waals surface area contributed by atoms with Gasteiger partial charge >= 0.3 is 0 Å². The van der Waals surface area contributed by atoms with Crippen molar-refractivity contribution in [2.24, 2.45) is 9.98 Å². The van der Waals surface area contributed by atoms with E-state index < -0.39 is 0 Å². The van der Waals surface area contributed by atoms with Crippen LogP contribution >= 0.6 is 0 Å². The molecule has 6 nitrogen and oxygen atoms in total. The minimum atomic E-state index is 0.888. The van der Waals surface area contributed by atoms with Gasteiger partial charge in [-0.25, -0.2) is 0 Å². The normalized spacial score (nSPS) is 9.82.